The first-order chi connectivity index (χ1) is 13.6. The maximum Gasteiger partial charge on any atom is 0.405 e. The van der Waals surface area contributed by atoms with Crippen LogP contribution in [0.15, 0.2) is 18.2 Å². The van der Waals surface area contributed by atoms with Gasteiger partial charge in [0.25, 0.3) is 5.91 Å². The van der Waals surface area contributed by atoms with Crippen LogP contribution in [0.4, 0.5) is 29.3 Å². The van der Waals surface area contributed by atoms with E-state index in [1.54, 1.807) is 11.4 Å². The molecule has 0 aromatic heterocycles. The van der Waals surface area contributed by atoms with E-state index in [0.29, 0.717) is 5.69 Å². The SMILES string of the molecule is O=C(COC(=O)c1ccc2c(c1)NC(=O)[C@H]1CCCN21)NC(=O)NCC(F)(F)F. The number of amides is 4. The van der Waals surface area contributed by atoms with Gasteiger partial charge >= 0.3 is 18.2 Å². The Kier molecular flexibility index (Phi) is 5.62. The van der Waals surface area contributed by atoms with E-state index < -0.39 is 37.2 Å². The second kappa shape index (κ2) is 7.97. The van der Waals surface area contributed by atoms with Crippen LogP contribution in [0.5, 0.6) is 0 Å². The van der Waals surface area contributed by atoms with E-state index in [1.165, 1.54) is 17.4 Å². The lowest BCUT2D eigenvalue weighted by molar-refractivity contribution is -0.125. The second-order valence-electron chi connectivity index (χ2n) is 6.49. The Bertz CT molecular complexity index is 858. The monoisotopic (exact) mass is 414 g/mol. The fraction of sp³-hybridized carbons (Fsp3) is 0.412. The van der Waals surface area contributed by atoms with Gasteiger partial charge in [-0.3, -0.25) is 14.9 Å². The highest BCUT2D eigenvalue weighted by atomic mass is 19.4. The predicted octanol–water partition coefficient (Wildman–Crippen LogP) is 1.15. The summed E-state index contributed by atoms with van der Waals surface area (Å²) in [7, 11) is 0. The highest BCUT2D eigenvalue weighted by Gasteiger charge is 2.36. The van der Waals surface area contributed by atoms with Crippen molar-refractivity contribution in [3.05, 3.63) is 23.8 Å². The van der Waals surface area contributed by atoms with Gasteiger partial charge in [-0.1, -0.05) is 0 Å². The Morgan fingerprint density at radius 1 is 1.28 bits per heavy atom. The maximum absolute atomic E-state index is 12.1. The van der Waals surface area contributed by atoms with Gasteiger partial charge in [-0.25, -0.2) is 9.59 Å². The molecule has 2 heterocycles. The van der Waals surface area contributed by atoms with Gasteiger partial charge in [0.1, 0.15) is 12.6 Å². The zero-order valence-corrected chi connectivity index (χ0v) is 15.0. The van der Waals surface area contributed by atoms with Crippen LogP contribution >= 0.6 is 0 Å². The van der Waals surface area contributed by atoms with Crippen molar-refractivity contribution in [2.24, 2.45) is 0 Å². The van der Waals surface area contributed by atoms with E-state index in [-0.39, 0.29) is 17.5 Å². The predicted molar refractivity (Wildman–Crippen MR) is 93.3 cm³/mol. The lowest BCUT2D eigenvalue weighted by Gasteiger charge is -2.33. The quantitative estimate of drug-likeness (QED) is 0.637. The van der Waals surface area contributed by atoms with E-state index in [1.807, 2.05) is 4.90 Å². The summed E-state index contributed by atoms with van der Waals surface area (Å²) in [5.74, 6) is -2.15. The summed E-state index contributed by atoms with van der Waals surface area (Å²) in [4.78, 5) is 48.9. The largest absolute Gasteiger partial charge is 0.452 e. The first-order valence-electron chi connectivity index (χ1n) is 8.67. The number of imide groups is 1. The first kappa shape index (κ1) is 20.4. The summed E-state index contributed by atoms with van der Waals surface area (Å²) in [6.45, 7) is -1.74. The first-order valence-corrected chi connectivity index (χ1v) is 8.67. The molecule has 1 fully saturated rings. The van der Waals surface area contributed by atoms with Crippen molar-refractivity contribution in [3.8, 4) is 0 Å². The molecule has 9 nitrogen and oxygen atoms in total. The molecule has 2 aliphatic rings. The molecule has 0 radical (unpaired) electrons. The number of halogens is 3. The minimum absolute atomic E-state index is 0.0658. The topological polar surface area (TPSA) is 117 Å². The number of anilines is 2. The number of hydrogen-bond donors (Lipinski definition) is 3. The van der Waals surface area contributed by atoms with E-state index in [2.05, 4.69) is 5.32 Å². The maximum atomic E-state index is 12.1. The van der Waals surface area contributed by atoms with Crippen LogP contribution in [0.1, 0.15) is 23.2 Å². The van der Waals surface area contributed by atoms with Crippen LogP contribution in [0.25, 0.3) is 0 Å². The molecule has 0 spiro atoms. The highest BCUT2D eigenvalue weighted by molar-refractivity contribution is 6.05. The van der Waals surface area contributed by atoms with Crippen LogP contribution in [0, 0.1) is 0 Å². The van der Waals surface area contributed by atoms with Gasteiger partial charge in [0.15, 0.2) is 6.61 Å². The van der Waals surface area contributed by atoms with E-state index >= 15 is 0 Å². The van der Waals surface area contributed by atoms with Crippen LogP contribution in [0.2, 0.25) is 0 Å². The number of carbonyl (C=O) groups excluding carboxylic acids is 4. The summed E-state index contributed by atoms with van der Waals surface area (Å²) < 4.78 is 40.7. The number of alkyl halides is 3. The molecule has 3 rings (SSSR count). The van der Waals surface area contributed by atoms with Gasteiger partial charge in [-0.05, 0) is 31.0 Å². The minimum Gasteiger partial charge on any atom is -0.452 e. The van der Waals surface area contributed by atoms with Crippen LogP contribution in [-0.4, -0.2) is 55.7 Å². The summed E-state index contributed by atoms with van der Waals surface area (Å²) in [5.41, 5.74) is 1.29. The number of carbonyl (C=O) groups is 4. The molecule has 0 saturated carbocycles. The summed E-state index contributed by atoms with van der Waals surface area (Å²) in [6.07, 6.45) is -2.99. The van der Waals surface area contributed by atoms with Gasteiger partial charge in [0.05, 0.1) is 16.9 Å². The normalized spacial score (nSPS) is 17.7. The zero-order chi connectivity index (χ0) is 21.2. The molecule has 1 aromatic rings. The third-order valence-corrected chi connectivity index (χ3v) is 4.39. The number of urea groups is 1. The molecular weight excluding hydrogens is 397 g/mol. The fourth-order valence-electron chi connectivity index (χ4n) is 3.16. The number of esters is 1. The van der Waals surface area contributed by atoms with E-state index in [0.717, 1.165) is 25.1 Å². The molecule has 0 unspecified atom stereocenters. The Morgan fingerprint density at radius 3 is 2.76 bits per heavy atom. The average Bonchev–Trinajstić information content (AvgIpc) is 3.14. The Labute approximate surface area is 162 Å². The summed E-state index contributed by atoms with van der Waals surface area (Å²) >= 11 is 0. The van der Waals surface area contributed by atoms with Crippen molar-refractivity contribution in [2.45, 2.75) is 25.1 Å². The third-order valence-electron chi connectivity index (χ3n) is 4.39. The van der Waals surface area contributed by atoms with Gasteiger partial charge in [-0.15, -0.1) is 0 Å². The Balaban J connectivity index is 1.54. The molecule has 29 heavy (non-hydrogen) atoms. The molecule has 1 aromatic carbocycles. The van der Waals surface area contributed by atoms with Gasteiger partial charge in [0.2, 0.25) is 5.91 Å². The number of rotatable bonds is 4. The van der Waals surface area contributed by atoms with Crippen molar-refractivity contribution in [1.82, 2.24) is 10.6 Å². The van der Waals surface area contributed by atoms with E-state index in [4.69, 9.17) is 4.74 Å². The van der Waals surface area contributed by atoms with Crippen LogP contribution < -0.4 is 20.9 Å². The van der Waals surface area contributed by atoms with Crippen molar-refractivity contribution >= 4 is 35.2 Å². The summed E-state index contributed by atoms with van der Waals surface area (Å²) in [6, 6.07) is 2.96. The standard InChI is InChI=1S/C17H17F3N4O5/c18-17(19,20)8-21-16(28)23-13(25)7-29-15(27)9-3-4-11-10(6-9)22-14(26)12-2-1-5-24(11)12/h3-4,6,12H,1-2,5,7-8H2,(H,22,26)(H2,21,23,25,28)/t12-/m1/s1. The second-order valence-corrected chi connectivity index (χ2v) is 6.49. The third kappa shape index (κ3) is 4.95. The summed E-state index contributed by atoms with van der Waals surface area (Å²) in [5, 5.41) is 5.79. The molecular formula is C17H17F3N4O5. The van der Waals surface area contributed by atoms with E-state index in [9.17, 15) is 32.3 Å². The zero-order valence-electron chi connectivity index (χ0n) is 15.0. The smallest absolute Gasteiger partial charge is 0.405 e. The Morgan fingerprint density at radius 2 is 2.03 bits per heavy atom. The van der Waals surface area contributed by atoms with Crippen molar-refractivity contribution in [3.63, 3.8) is 0 Å². The minimum atomic E-state index is -4.62. The van der Waals surface area contributed by atoms with Crippen molar-refractivity contribution in [1.29, 1.82) is 0 Å². The number of benzene rings is 1. The number of nitrogens with one attached hydrogen (secondary N) is 3. The highest BCUT2D eigenvalue weighted by Crippen LogP contribution is 2.37. The lowest BCUT2D eigenvalue weighted by atomic mass is 10.1. The van der Waals surface area contributed by atoms with Crippen LogP contribution in [0.3, 0.4) is 0 Å². The molecule has 4 amide bonds. The molecule has 0 bridgehead atoms. The van der Waals surface area contributed by atoms with Crippen LogP contribution in [-0.2, 0) is 14.3 Å². The number of ether oxygens (including phenoxy) is 1. The van der Waals surface area contributed by atoms with Gasteiger partial charge < -0.3 is 20.3 Å². The van der Waals surface area contributed by atoms with Crippen molar-refractivity contribution in [2.75, 3.05) is 29.9 Å². The molecule has 1 saturated heterocycles. The number of fused-ring (bicyclic) bond motifs is 3. The Hall–Kier alpha value is -3.31. The van der Waals surface area contributed by atoms with Crippen molar-refractivity contribution < 1.29 is 37.1 Å². The van der Waals surface area contributed by atoms with Gasteiger partial charge in [-0.2, -0.15) is 13.2 Å². The lowest BCUT2D eigenvalue weighted by Crippen LogP contribution is -2.44. The molecule has 1 atom stereocenters. The fourth-order valence-corrected chi connectivity index (χ4v) is 3.16. The number of nitrogens with zero attached hydrogens (tertiary/aromatic N) is 1. The number of hydrogen-bond acceptors (Lipinski definition) is 6. The molecule has 156 valence electrons. The molecule has 2 aliphatic heterocycles. The van der Waals surface area contributed by atoms with Gasteiger partial charge in [0, 0.05) is 6.54 Å². The average molecular weight is 414 g/mol. The molecule has 3 N–H and O–H groups in total. The molecule has 12 heteroatoms. The molecule has 0 aliphatic carbocycles.